The maximum atomic E-state index is 12.2. The summed E-state index contributed by atoms with van der Waals surface area (Å²) in [6, 6.07) is 1.62. The molecule has 0 fully saturated rings. The fourth-order valence-corrected chi connectivity index (χ4v) is 2.43. The van der Waals surface area contributed by atoms with Gasteiger partial charge in [-0.1, -0.05) is 0 Å². The molecule has 3 N–H and O–H groups in total. The van der Waals surface area contributed by atoms with E-state index in [0.717, 1.165) is 21.6 Å². The van der Waals surface area contributed by atoms with Crippen molar-refractivity contribution in [1.82, 2.24) is 20.3 Å². The van der Waals surface area contributed by atoms with E-state index in [0.29, 0.717) is 18.7 Å². The minimum atomic E-state index is -0.269. The fourth-order valence-electron chi connectivity index (χ4n) is 2.21. The molecule has 20 heavy (non-hydrogen) atoms. The number of fused-ring (bicyclic) bond motifs is 1. The zero-order chi connectivity index (χ0) is 14.1. The van der Waals surface area contributed by atoms with Gasteiger partial charge in [-0.2, -0.15) is 0 Å². The number of amides is 1. The molecule has 0 bridgehead atoms. The number of H-pyrrole nitrogens is 1. The number of nitrogens with zero attached hydrogens (tertiary/aromatic N) is 2. The quantitative estimate of drug-likeness (QED) is 0.727. The van der Waals surface area contributed by atoms with Crippen molar-refractivity contribution in [3.63, 3.8) is 0 Å². The molecule has 0 saturated heterocycles. The van der Waals surface area contributed by atoms with Crippen LogP contribution in [0, 0.1) is 6.92 Å². The molecule has 2 aromatic heterocycles. The number of aromatic nitrogens is 3. The molecule has 1 atom stereocenters. The predicted molar refractivity (Wildman–Crippen MR) is 78.2 cm³/mol. The summed E-state index contributed by atoms with van der Waals surface area (Å²) in [5.74, 6) is -0.0674. The van der Waals surface area contributed by atoms with E-state index in [9.17, 15) is 4.79 Å². The molecule has 104 valence electrons. The van der Waals surface area contributed by atoms with E-state index in [1.54, 1.807) is 12.5 Å². The molecule has 0 radical (unpaired) electrons. The van der Waals surface area contributed by atoms with Crippen molar-refractivity contribution in [2.45, 2.75) is 25.9 Å². The zero-order valence-electron chi connectivity index (χ0n) is 10.9. The minimum absolute atomic E-state index is 0.0674. The normalized spacial score (nSPS) is 17.6. The van der Waals surface area contributed by atoms with E-state index in [4.69, 9.17) is 0 Å². The SMILES string of the molecule is Cc1cc(NC(=O)C2Cc3nc[nH]c3CN2)cnc1Br. The summed E-state index contributed by atoms with van der Waals surface area (Å²) >= 11 is 3.34. The lowest BCUT2D eigenvalue weighted by Gasteiger charge is -2.22. The third-order valence-corrected chi connectivity index (χ3v) is 4.16. The van der Waals surface area contributed by atoms with Gasteiger partial charge in [-0.3, -0.25) is 10.1 Å². The van der Waals surface area contributed by atoms with Gasteiger partial charge in [-0.25, -0.2) is 9.97 Å². The van der Waals surface area contributed by atoms with Crippen molar-refractivity contribution in [3.8, 4) is 0 Å². The topological polar surface area (TPSA) is 82.7 Å². The van der Waals surface area contributed by atoms with Crippen LogP contribution in [0.5, 0.6) is 0 Å². The monoisotopic (exact) mass is 335 g/mol. The van der Waals surface area contributed by atoms with Crippen molar-refractivity contribution in [1.29, 1.82) is 0 Å². The van der Waals surface area contributed by atoms with Crippen LogP contribution in [-0.4, -0.2) is 26.9 Å². The smallest absolute Gasteiger partial charge is 0.241 e. The van der Waals surface area contributed by atoms with E-state index in [-0.39, 0.29) is 11.9 Å². The van der Waals surface area contributed by atoms with E-state index in [1.165, 1.54) is 0 Å². The Labute approximate surface area is 124 Å². The Bertz CT molecular complexity index is 654. The highest BCUT2D eigenvalue weighted by molar-refractivity contribution is 9.10. The number of imidazole rings is 1. The zero-order valence-corrected chi connectivity index (χ0v) is 12.5. The van der Waals surface area contributed by atoms with Crippen molar-refractivity contribution >= 4 is 27.5 Å². The van der Waals surface area contributed by atoms with Crippen LogP contribution in [0.15, 0.2) is 23.2 Å². The first-order valence-electron chi connectivity index (χ1n) is 6.31. The Balaban J connectivity index is 1.69. The number of anilines is 1. The van der Waals surface area contributed by atoms with Gasteiger partial charge in [0, 0.05) is 13.0 Å². The number of hydrogen-bond acceptors (Lipinski definition) is 4. The van der Waals surface area contributed by atoms with Gasteiger partial charge in [0.15, 0.2) is 0 Å². The highest BCUT2D eigenvalue weighted by atomic mass is 79.9. The van der Waals surface area contributed by atoms with E-state index >= 15 is 0 Å². The third-order valence-electron chi connectivity index (χ3n) is 3.33. The number of aryl methyl sites for hydroxylation is 1. The van der Waals surface area contributed by atoms with Crippen LogP contribution in [0.2, 0.25) is 0 Å². The molecule has 7 heteroatoms. The molecule has 3 heterocycles. The van der Waals surface area contributed by atoms with Crippen LogP contribution in [-0.2, 0) is 17.8 Å². The molecule has 0 spiro atoms. The molecule has 0 saturated carbocycles. The lowest BCUT2D eigenvalue weighted by atomic mass is 10.0. The van der Waals surface area contributed by atoms with E-state index < -0.39 is 0 Å². The van der Waals surface area contributed by atoms with Gasteiger partial charge in [0.2, 0.25) is 5.91 Å². The van der Waals surface area contributed by atoms with Crippen LogP contribution in [0.1, 0.15) is 17.0 Å². The van der Waals surface area contributed by atoms with Crippen LogP contribution < -0.4 is 10.6 Å². The van der Waals surface area contributed by atoms with Gasteiger partial charge in [-0.15, -0.1) is 0 Å². The first-order chi connectivity index (χ1) is 9.63. The first-order valence-corrected chi connectivity index (χ1v) is 7.10. The summed E-state index contributed by atoms with van der Waals surface area (Å²) in [6.07, 6.45) is 3.89. The molecule has 1 amide bonds. The third kappa shape index (κ3) is 2.59. The predicted octanol–water partition coefficient (Wildman–Crippen LogP) is 1.53. The second-order valence-electron chi connectivity index (χ2n) is 4.79. The van der Waals surface area contributed by atoms with Gasteiger partial charge in [0.1, 0.15) is 4.60 Å². The molecule has 1 aliphatic heterocycles. The number of halogens is 1. The van der Waals surface area contributed by atoms with Crippen LogP contribution in [0.3, 0.4) is 0 Å². The number of rotatable bonds is 2. The standard InChI is InChI=1S/C13H14BrN5O/c1-7-2-8(4-16-12(7)14)19-13(20)10-3-9-11(5-15-10)18-6-17-9/h2,4,6,10,15H,3,5H2,1H3,(H,17,18)(H,19,20). The Morgan fingerprint density at radius 1 is 1.50 bits per heavy atom. The number of hydrogen-bond donors (Lipinski definition) is 3. The van der Waals surface area contributed by atoms with Gasteiger partial charge >= 0.3 is 0 Å². The molecule has 3 rings (SSSR count). The summed E-state index contributed by atoms with van der Waals surface area (Å²) in [6.45, 7) is 2.56. The Morgan fingerprint density at radius 2 is 2.35 bits per heavy atom. The summed E-state index contributed by atoms with van der Waals surface area (Å²) in [4.78, 5) is 23.7. The fraction of sp³-hybridized carbons (Fsp3) is 0.308. The highest BCUT2D eigenvalue weighted by Crippen LogP contribution is 2.18. The number of carbonyl (C=O) groups is 1. The second-order valence-corrected chi connectivity index (χ2v) is 5.54. The molecule has 1 unspecified atom stereocenters. The van der Waals surface area contributed by atoms with Crippen LogP contribution in [0.4, 0.5) is 5.69 Å². The average molecular weight is 336 g/mol. The van der Waals surface area contributed by atoms with Gasteiger partial charge in [0.25, 0.3) is 0 Å². The largest absolute Gasteiger partial charge is 0.347 e. The molecular formula is C13H14BrN5O. The molecule has 0 aliphatic carbocycles. The van der Waals surface area contributed by atoms with E-state index in [2.05, 4.69) is 41.5 Å². The van der Waals surface area contributed by atoms with Gasteiger partial charge in [-0.05, 0) is 34.5 Å². The van der Waals surface area contributed by atoms with Crippen LogP contribution in [0.25, 0.3) is 0 Å². The Morgan fingerprint density at radius 3 is 3.15 bits per heavy atom. The molecule has 2 aromatic rings. The van der Waals surface area contributed by atoms with E-state index in [1.807, 2.05) is 13.0 Å². The van der Waals surface area contributed by atoms with Gasteiger partial charge in [0.05, 0.1) is 35.6 Å². The number of nitrogens with one attached hydrogen (secondary N) is 3. The first kappa shape index (κ1) is 13.3. The summed E-state index contributed by atoms with van der Waals surface area (Å²) in [7, 11) is 0. The highest BCUT2D eigenvalue weighted by Gasteiger charge is 2.25. The summed E-state index contributed by atoms with van der Waals surface area (Å²) in [5.41, 5.74) is 3.68. The van der Waals surface area contributed by atoms with Crippen molar-refractivity contribution in [2.24, 2.45) is 0 Å². The molecular weight excluding hydrogens is 322 g/mol. The molecule has 1 aliphatic rings. The maximum absolute atomic E-state index is 12.2. The maximum Gasteiger partial charge on any atom is 0.241 e. The van der Waals surface area contributed by atoms with Crippen LogP contribution >= 0.6 is 15.9 Å². The molecule has 6 nitrogen and oxygen atoms in total. The summed E-state index contributed by atoms with van der Waals surface area (Å²) in [5, 5.41) is 6.07. The van der Waals surface area contributed by atoms with Gasteiger partial charge < -0.3 is 10.3 Å². The Hall–Kier alpha value is -1.73. The van der Waals surface area contributed by atoms with Crippen molar-refractivity contribution in [3.05, 3.63) is 40.1 Å². The second kappa shape index (κ2) is 5.34. The lowest BCUT2D eigenvalue weighted by Crippen LogP contribution is -2.44. The summed E-state index contributed by atoms with van der Waals surface area (Å²) < 4.78 is 0.785. The lowest BCUT2D eigenvalue weighted by molar-refractivity contribution is -0.118. The van der Waals surface area contributed by atoms with Crippen molar-refractivity contribution < 1.29 is 4.79 Å². The number of carbonyl (C=O) groups excluding carboxylic acids is 1. The minimum Gasteiger partial charge on any atom is -0.347 e. The van der Waals surface area contributed by atoms with Crippen molar-refractivity contribution in [2.75, 3.05) is 5.32 Å². The number of aromatic amines is 1. The Kier molecular flexibility index (Phi) is 3.54. The molecule has 0 aromatic carbocycles. The average Bonchev–Trinajstić information content (AvgIpc) is 2.90. The number of pyridine rings is 1.